The molecule has 1 fully saturated rings. The minimum atomic E-state index is -0.449. The van der Waals surface area contributed by atoms with Crippen LogP contribution in [0.4, 0.5) is 10.1 Å². The summed E-state index contributed by atoms with van der Waals surface area (Å²) in [6, 6.07) is 4.55. The van der Waals surface area contributed by atoms with Gasteiger partial charge in [-0.25, -0.2) is 4.39 Å². The first kappa shape index (κ1) is 11.6. The number of aliphatic hydroxyl groups excluding tert-OH is 1. The molecular weight excluding hydrogens is 233 g/mol. The minimum absolute atomic E-state index is 0.0655. The number of halogens is 2. The first-order valence-corrected chi connectivity index (χ1v) is 5.41. The van der Waals surface area contributed by atoms with E-state index in [-0.39, 0.29) is 17.0 Å². The first-order valence-electron chi connectivity index (χ1n) is 5.03. The average Bonchev–Trinajstić information content (AvgIpc) is 2.22. The van der Waals surface area contributed by atoms with E-state index >= 15 is 0 Å². The number of rotatable bonds is 4. The molecule has 2 rings (SSSR count). The quantitative estimate of drug-likeness (QED) is 0.851. The monoisotopic (exact) mass is 245 g/mol. The van der Waals surface area contributed by atoms with E-state index in [0.29, 0.717) is 25.4 Å². The van der Waals surface area contributed by atoms with Gasteiger partial charge < -0.3 is 15.2 Å². The summed E-state index contributed by atoms with van der Waals surface area (Å²) in [5.41, 5.74) is 0.428. The molecule has 2 N–H and O–H groups in total. The maximum atomic E-state index is 13.1. The van der Waals surface area contributed by atoms with Crippen LogP contribution in [0, 0.1) is 11.2 Å². The van der Waals surface area contributed by atoms with Crippen LogP contribution in [0.25, 0.3) is 0 Å². The fraction of sp³-hybridized carbons (Fsp3) is 0.455. The number of ether oxygens (including phenoxy) is 1. The summed E-state index contributed by atoms with van der Waals surface area (Å²) in [6.45, 7) is 1.69. The van der Waals surface area contributed by atoms with Gasteiger partial charge in [-0.3, -0.25) is 0 Å². The number of benzene rings is 1. The van der Waals surface area contributed by atoms with Gasteiger partial charge in [-0.1, -0.05) is 11.6 Å². The molecule has 1 aliphatic heterocycles. The van der Waals surface area contributed by atoms with Crippen molar-refractivity contribution in [2.24, 2.45) is 5.41 Å². The molecule has 0 unspecified atom stereocenters. The molecule has 1 aromatic rings. The van der Waals surface area contributed by atoms with Crippen molar-refractivity contribution < 1.29 is 14.2 Å². The standard InChI is InChI=1S/C11H13ClFNO2/c12-9-2-1-8(3-10(9)13)14-4-11(5-15)6-16-7-11/h1-3,14-15H,4-7H2. The van der Waals surface area contributed by atoms with Crippen molar-refractivity contribution in [2.45, 2.75) is 0 Å². The Balaban J connectivity index is 1.96. The van der Waals surface area contributed by atoms with Gasteiger partial charge in [-0.15, -0.1) is 0 Å². The number of anilines is 1. The van der Waals surface area contributed by atoms with E-state index in [9.17, 15) is 9.50 Å². The van der Waals surface area contributed by atoms with Gasteiger partial charge in [-0.05, 0) is 18.2 Å². The number of aliphatic hydroxyl groups is 1. The van der Waals surface area contributed by atoms with E-state index in [2.05, 4.69) is 5.32 Å². The van der Waals surface area contributed by atoms with Gasteiger partial charge >= 0.3 is 0 Å². The van der Waals surface area contributed by atoms with E-state index < -0.39 is 5.82 Å². The molecule has 0 radical (unpaired) electrons. The Hall–Kier alpha value is -0.840. The topological polar surface area (TPSA) is 41.5 Å². The second-order valence-electron chi connectivity index (χ2n) is 4.13. The average molecular weight is 246 g/mol. The molecule has 3 nitrogen and oxygen atoms in total. The largest absolute Gasteiger partial charge is 0.396 e. The summed E-state index contributed by atoms with van der Waals surface area (Å²) in [7, 11) is 0. The highest BCUT2D eigenvalue weighted by atomic mass is 35.5. The van der Waals surface area contributed by atoms with Crippen molar-refractivity contribution in [1.82, 2.24) is 0 Å². The molecule has 16 heavy (non-hydrogen) atoms. The van der Waals surface area contributed by atoms with Gasteiger partial charge in [0.25, 0.3) is 0 Å². The summed E-state index contributed by atoms with van der Waals surface area (Å²) in [4.78, 5) is 0. The van der Waals surface area contributed by atoms with Crippen molar-refractivity contribution in [3.63, 3.8) is 0 Å². The maximum absolute atomic E-state index is 13.1. The lowest BCUT2D eigenvalue weighted by atomic mass is 9.87. The molecule has 0 saturated carbocycles. The van der Waals surface area contributed by atoms with Crippen molar-refractivity contribution in [1.29, 1.82) is 0 Å². The summed E-state index contributed by atoms with van der Waals surface area (Å²) in [6.07, 6.45) is 0. The Bertz CT molecular complexity index is 377. The molecule has 0 aromatic heterocycles. The third kappa shape index (κ3) is 2.29. The van der Waals surface area contributed by atoms with Crippen LogP contribution in [0.1, 0.15) is 0 Å². The van der Waals surface area contributed by atoms with Crippen LogP contribution in [0.2, 0.25) is 5.02 Å². The van der Waals surface area contributed by atoms with Gasteiger partial charge in [0.1, 0.15) is 5.82 Å². The van der Waals surface area contributed by atoms with Gasteiger partial charge in [0.2, 0.25) is 0 Å². The van der Waals surface area contributed by atoms with Crippen LogP contribution in [0.3, 0.4) is 0 Å². The van der Waals surface area contributed by atoms with Crippen molar-refractivity contribution in [3.05, 3.63) is 29.0 Å². The second-order valence-corrected chi connectivity index (χ2v) is 4.54. The van der Waals surface area contributed by atoms with Gasteiger partial charge in [-0.2, -0.15) is 0 Å². The third-order valence-electron chi connectivity index (χ3n) is 2.74. The number of hydrogen-bond donors (Lipinski definition) is 2. The molecular formula is C11H13ClFNO2. The van der Waals surface area contributed by atoms with Crippen LogP contribution >= 0.6 is 11.6 Å². The molecule has 0 amide bonds. The third-order valence-corrected chi connectivity index (χ3v) is 3.05. The normalized spacial score (nSPS) is 17.9. The van der Waals surface area contributed by atoms with Crippen molar-refractivity contribution in [2.75, 3.05) is 31.7 Å². The van der Waals surface area contributed by atoms with Crippen LogP contribution < -0.4 is 5.32 Å². The highest BCUT2D eigenvalue weighted by molar-refractivity contribution is 6.30. The lowest BCUT2D eigenvalue weighted by molar-refractivity contribution is -0.128. The molecule has 0 spiro atoms. The highest BCUT2D eigenvalue weighted by Crippen LogP contribution is 2.27. The van der Waals surface area contributed by atoms with E-state index in [4.69, 9.17) is 16.3 Å². The molecule has 1 aromatic carbocycles. The summed E-state index contributed by atoms with van der Waals surface area (Å²) in [5, 5.41) is 12.4. The minimum Gasteiger partial charge on any atom is -0.396 e. The van der Waals surface area contributed by atoms with E-state index in [1.54, 1.807) is 6.07 Å². The Morgan fingerprint density at radius 1 is 1.50 bits per heavy atom. The second kappa shape index (κ2) is 4.57. The lowest BCUT2D eigenvalue weighted by Crippen LogP contribution is -2.50. The summed E-state index contributed by atoms with van der Waals surface area (Å²) in [5.74, 6) is -0.449. The maximum Gasteiger partial charge on any atom is 0.143 e. The summed E-state index contributed by atoms with van der Waals surface area (Å²) < 4.78 is 18.2. The lowest BCUT2D eigenvalue weighted by Gasteiger charge is -2.40. The van der Waals surface area contributed by atoms with E-state index in [0.717, 1.165) is 0 Å². The predicted molar refractivity (Wildman–Crippen MR) is 60.2 cm³/mol. The van der Waals surface area contributed by atoms with Crippen molar-refractivity contribution >= 4 is 17.3 Å². The SMILES string of the molecule is OCC1(CNc2ccc(Cl)c(F)c2)COC1. The van der Waals surface area contributed by atoms with Crippen molar-refractivity contribution in [3.8, 4) is 0 Å². The van der Waals surface area contributed by atoms with Crippen LogP contribution in [-0.4, -0.2) is 31.5 Å². The Kier molecular flexibility index (Phi) is 3.33. The van der Waals surface area contributed by atoms with Gasteiger partial charge in [0.05, 0.1) is 30.3 Å². The molecule has 0 atom stereocenters. The molecule has 1 heterocycles. The Labute approximate surface area is 98.2 Å². The molecule has 1 saturated heterocycles. The fourth-order valence-corrected chi connectivity index (χ4v) is 1.65. The predicted octanol–water partition coefficient (Wildman–Crippen LogP) is 1.90. The van der Waals surface area contributed by atoms with E-state index in [1.165, 1.54) is 12.1 Å². The van der Waals surface area contributed by atoms with Gasteiger partial charge in [0.15, 0.2) is 0 Å². The molecule has 1 aliphatic rings. The molecule has 88 valence electrons. The number of nitrogens with one attached hydrogen (secondary N) is 1. The molecule has 5 heteroatoms. The summed E-state index contributed by atoms with van der Waals surface area (Å²) >= 11 is 5.57. The zero-order valence-electron chi connectivity index (χ0n) is 8.67. The zero-order valence-corrected chi connectivity index (χ0v) is 9.43. The molecule has 0 aliphatic carbocycles. The van der Waals surface area contributed by atoms with Gasteiger partial charge in [0, 0.05) is 12.2 Å². The smallest absolute Gasteiger partial charge is 0.143 e. The van der Waals surface area contributed by atoms with Crippen LogP contribution in [0.5, 0.6) is 0 Å². The first-order chi connectivity index (χ1) is 7.65. The fourth-order valence-electron chi connectivity index (χ4n) is 1.54. The molecule has 0 bridgehead atoms. The Morgan fingerprint density at radius 3 is 2.75 bits per heavy atom. The zero-order chi connectivity index (χ0) is 11.6. The Morgan fingerprint density at radius 2 is 2.25 bits per heavy atom. The van der Waals surface area contributed by atoms with Crippen LogP contribution in [0.15, 0.2) is 18.2 Å². The number of hydrogen-bond acceptors (Lipinski definition) is 3. The van der Waals surface area contributed by atoms with Crippen LogP contribution in [-0.2, 0) is 4.74 Å². The highest BCUT2D eigenvalue weighted by Gasteiger charge is 2.37. The van der Waals surface area contributed by atoms with E-state index in [1.807, 2.05) is 0 Å².